The van der Waals surface area contributed by atoms with E-state index in [4.69, 9.17) is 10.2 Å². The number of hydrogen-bond acceptors (Lipinski definition) is 3. The normalized spacial score (nSPS) is 11.1. The van der Waals surface area contributed by atoms with Gasteiger partial charge in [0.15, 0.2) is 0 Å². The first-order chi connectivity index (χ1) is 8.74. The molecule has 0 saturated heterocycles. The average Bonchev–Trinajstić information content (AvgIpc) is 2.79. The smallest absolute Gasteiger partial charge is 0.224 e. The molecule has 1 heterocycles. The number of para-hydroxylation sites is 1. The zero-order valence-corrected chi connectivity index (χ0v) is 9.89. The summed E-state index contributed by atoms with van der Waals surface area (Å²) in [6, 6.07) is 7.14. The summed E-state index contributed by atoms with van der Waals surface area (Å²) < 4.78 is 0. The summed E-state index contributed by atoms with van der Waals surface area (Å²) in [5.74, 6) is -0.215. The molecule has 0 atom stereocenters. The first-order valence-electron chi connectivity index (χ1n) is 5.80. The number of carbonyl (C=O) groups is 1. The second kappa shape index (κ2) is 5.66. The largest absolute Gasteiger partial charge is 0.394 e. The molecule has 0 spiro atoms. The number of carbonyl (C=O) groups excluding carboxylic acids is 1. The van der Waals surface area contributed by atoms with E-state index >= 15 is 0 Å². The molecule has 0 radical (unpaired) electrons. The molecular weight excluding hydrogens is 232 g/mol. The van der Waals surface area contributed by atoms with Gasteiger partial charge in [0.25, 0.3) is 0 Å². The molecule has 0 aliphatic carbocycles. The second-order valence-electron chi connectivity index (χ2n) is 4.17. The van der Waals surface area contributed by atoms with E-state index in [0.717, 1.165) is 16.5 Å². The molecule has 5 heteroatoms. The van der Waals surface area contributed by atoms with E-state index in [-0.39, 0.29) is 25.5 Å². The maximum atomic E-state index is 11.7. The Morgan fingerprint density at radius 1 is 1.28 bits per heavy atom. The quantitative estimate of drug-likeness (QED) is 0.609. The number of H-pyrrole nitrogens is 1. The summed E-state index contributed by atoms with van der Waals surface area (Å²) in [6.45, 7) is -0.535. The van der Waals surface area contributed by atoms with Crippen LogP contribution in [0.15, 0.2) is 30.5 Å². The number of benzene rings is 1. The summed E-state index contributed by atoms with van der Waals surface area (Å²) >= 11 is 0. The van der Waals surface area contributed by atoms with Gasteiger partial charge < -0.3 is 20.5 Å². The third kappa shape index (κ3) is 2.69. The Morgan fingerprint density at radius 3 is 2.72 bits per heavy atom. The van der Waals surface area contributed by atoms with Gasteiger partial charge in [-0.1, -0.05) is 18.2 Å². The van der Waals surface area contributed by atoms with Crippen LogP contribution in [0.2, 0.25) is 0 Å². The average molecular weight is 248 g/mol. The van der Waals surface area contributed by atoms with Crippen LogP contribution in [0.4, 0.5) is 0 Å². The minimum absolute atomic E-state index is 0.215. The fourth-order valence-corrected chi connectivity index (χ4v) is 1.88. The van der Waals surface area contributed by atoms with Gasteiger partial charge in [0.05, 0.1) is 25.7 Å². The van der Waals surface area contributed by atoms with Crippen LogP contribution in [-0.2, 0) is 11.2 Å². The SMILES string of the molecule is O=C(Cc1c[nH]c2ccccc12)NC(CO)CO. The van der Waals surface area contributed by atoms with Crippen molar-refractivity contribution in [3.8, 4) is 0 Å². The molecule has 1 amide bonds. The topological polar surface area (TPSA) is 85.4 Å². The molecule has 96 valence electrons. The fourth-order valence-electron chi connectivity index (χ4n) is 1.88. The molecule has 0 fully saturated rings. The highest BCUT2D eigenvalue weighted by molar-refractivity contribution is 5.88. The molecule has 0 saturated carbocycles. The maximum Gasteiger partial charge on any atom is 0.224 e. The Bertz CT molecular complexity index is 532. The lowest BCUT2D eigenvalue weighted by molar-refractivity contribution is -0.121. The van der Waals surface area contributed by atoms with E-state index in [1.165, 1.54) is 0 Å². The van der Waals surface area contributed by atoms with E-state index in [0.29, 0.717) is 0 Å². The van der Waals surface area contributed by atoms with Crippen molar-refractivity contribution in [1.29, 1.82) is 0 Å². The number of amides is 1. The van der Waals surface area contributed by atoms with Crippen LogP contribution >= 0.6 is 0 Å². The molecule has 4 N–H and O–H groups in total. The minimum atomic E-state index is -0.595. The molecule has 0 aliphatic rings. The maximum absolute atomic E-state index is 11.7. The van der Waals surface area contributed by atoms with Crippen molar-refractivity contribution in [2.75, 3.05) is 13.2 Å². The third-order valence-electron chi connectivity index (χ3n) is 2.83. The van der Waals surface area contributed by atoms with Crippen molar-refractivity contribution < 1.29 is 15.0 Å². The van der Waals surface area contributed by atoms with Gasteiger partial charge in [0.1, 0.15) is 0 Å². The van der Waals surface area contributed by atoms with E-state index in [1.807, 2.05) is 24.3 Å². The lowest BCUT2D eigenvalue weighted by atomic mass is 10.1. The molecule has 1 aromatic carbocycles. The Balaban J connectivity index is 2.07. The van der Waals surface area contributed by atoms with Crippen molar-refractivity contribution in [2.24, 2.45) is 0 Å². The van der Waals surface area contributed by atoms with Crippen LogP contribution < -0.4 is 5.32 Å². The molecule has 0 aliphatic heterocycles. The number of aromatic amines is 1. The second-order valence-corrected chi connectivity index (χ2v) is 4.17. The minimum Gasteiger partial charge on any atom is -0.394 e. The molecule has 0 bridgehead atoms. The number of nitrogens with one attached hydrogen (secondary N) is 2. The van der Waals surface area contributed by atoms with Gasteiger partial charge >= 0.3 is 0 Å². The number of rotatable bonds is 5. The zero-order chi connectivity index (χ0) is 13.0. The highest BCUT2D eigenvalue weighted by Crippen LogP contribution is 2.17. The summed E-state index contributed by atoms with van der Waals surface area (Å²) in [5.41, 5.74) is 1.89. The Morgan fingerprint density at radius 2 is 2.00 bits per heavy atom. The van der Waals surface area contributed by atoms with Crippen molar-refractivity contribution in [3.63, 3.8) is 0 Å². The number of hydrogen-bond donors (Lipinski definition) is 4. The number of aliphatic hydroxyl groups excluding tert-OH is 2. The summed E-state index contributed by atoms with van der Waals surface area (Å²) in [4.78, 5) is 14.8. The molecule has 2 aromatic rings. The number of fused-ring (bicyclic) bond motifs is 1. The van der Waals surface area contributed by atoms with Crippen molar-refractivity contribution >= 4 is 16.8 Å². The standard InChI is InChI=1S/C13H16N2O3/c16-7-10(8-17)15-13(18)5-9-6-14-12-4-2-1-3-11(9)12/h1-4,6,10,14,16-17H,5,7-8H2,(H,15,18). The third-order valence-corrected chi connectivity index (χ3v) is 2.83. The Hall–Kier alpha value is -1.85. The van der Waals surface area contributed by atoms with Gasteiger partial charge in [0, 0.05) is 17.1 Å². The molecule has 2 rings (SSSR count). The van der Waals surface area contributed by atoms with E-state index in [1.54, 1.807) is 6.20 Å². The van der Waals surface area contributed by atoms with Gasteiger partial charge in [-0.3, -0.25) is 4.79 Å². The molecule has 1 aromatic heterocycles. The molecule has 5 nitrogen and oxygen atoms in total. The lowest BCUT2D eigenvalue weighted by Gasteiger charge is -2.12. The van der Waals surface area contributed by atoms with Crippen molar-refractivity contribution in [3.05, 3.63) is 36.0 Å². The number of aliphatic hydroxyl groups is 2. The van der Waals surface area contributed by atoms with Crippen molar-refractivity contribution in [1.82, 2.24) is 10.3 Å². The molecular formula is C13H16N2O3. The van der Waals surface area contributed by atoms with Crippen LogP contribution in [-0.4, -0.2) is 40.4 Å². The number of aromatic nitrogens is 1. The molecule has 0 unspecified atom stereocenters. The van der Waals surface area contributed by atoms with E-state index < -0.39 is 6.04 Å². The van der Waals surface area contributed by atoms with Gasteiger partial charge in [-0.05, 0) is 11.6 Å². The summed E-state index contributed by atoms with van der Waals surface area (Å²) in [6.07, 6.45) is 2.03. The van der Waals surface area contributed by atoms with Crippen molar-refractivity contribution in [2.45, 2.75) is 12.5 Å². The predicted molar refractivity (Wildman–Crippen MR) is 68.1 cm³/mol. The van der Waals surface area contributed by atoms with Gasteiger partial charge in [-0.15, -0.1) is 0 Å². The summed E-state index contributed by atoms with van der Waals surface area (Å²) in [7, 11) is 0. The summed E-state index contributed by atoms with van der Waals surface area (Å²) in [5, 5.41) is 21.4. The monoisotopic (exact) mass is 248 g/mol. The van der Waals surface area contributed by atoms with Gasteiger partial charge in [0.2, 0.25) is 5.91 Å². The van der Waals surface area contributed by atoms with Crippen LogP contribution in [0, 0.1) is 0 Å². The van der Waals surface area contributed by atoms with Crippen LogP contribution in [0.25, 0.3) is 10.9 Å². The fraction of sp³-hybridized carbons (Fsp3) is 0.308. The van der Waals surface area contributed by atoms with Crippen LogP contribution in [0.1, 0.15) is 5.56 Å². The molecule has 18 heavy (non-hydrogen) atoms. The Kier molecular flexibility index (Phi) is 3.96. The van der Waals surface area contributed by atoms with Gasteiger partial charge in [-0.25, -0.2) is 0 Å². The first-order valence-corrected chi connectivity index (χ1v) is 5.80. The first kappa shape index (κ1) is 12.6. The highest BCUT2D eigenvalue weighted by atomic mass is 16.3. The van der Waals surface area contributed by atoms with Gasteiger partial charge in [-0.2, -0.15) is 0 Å². The zero-order valence-electron chi connectivity index (χ0n) is 9.89. The van der Waals surface area contributed by atoms with E-state index in [2.05, 4.69) is 10.3 Å². The van der Waals surface area contributed by atoms with Crippen LogP contribution in [0.3, 0.4) is 0 Å². The highest BCUT2D eigenvalue weighted by Gasteiger charge is 2.12. The van der Waals surface area contributed by atoms with E-state index in [9.17, 15) is 4.79 Å². The lowest BCUT2D eigenvalue weighted by Crippen LogP contribution is -2.40. The Labute approximate surface area is 104 Å². The predicted octanol–water partition coefficient (Wildman–Crippen LogP) is 0.180. The van der Waals surface area contributed by atoms with Crippen LogP contribution in [0.5, 0.6) is 0 Å².